The monoisotopic (exact) mass is 400 g/mol. The Morgan fingerprint density at radius 2 is 1.80 bits per heavy atom. The minimum atomic E-state index is -0.0384. The van der Waals surface area contributed by atoms with E-state index in [0.29, 0.717) is 30.7 Å². The van der Waals surface area contributed by atoms with Crippen LogP contribution in [0.3, 0.4) is 0 Å². The topological polar surface area (TPSA) is 76.8 Å². The van der Waals surface area contributed by atoms with Crippen molar-refractivity contribution in [2.75, 3.05) is 6.54 Å². The molecule has 0 radical (unpaired) electrons. The molecule has 0 aliphatic rings. The zero-order chi connectivity index (χ0) is 20.8. The summed E-state index contributed by atoms with van der Waals surface area (Å²) >= 11 is 0. The van der Waals surface area contributed by atoms with Crippen molar-refractivity contribution < 1.29 is 4.79 Å². The second-order valence-electron chi connectivity index (χ2n) is 7.24. The minimum Gasteiger partial charge on any atom is -0.334 e. The highest BCUT2D eigenvalue weighted by atomic mass is 16.2. The van der Waals surface area contributed by atoms with E-state index in [2.05, 4.69) is 26.9 Å². The number of hydrogen-bond acceptors (Lipinski definition) is 5. The van der Waals surface area contributed by atoms with Gasteiger partial charge in [0.15, 0.2) is 5.65 Å². The van der Waals surface area contributed by atoms with Gasteiger partial charge in [-0.05, 0) is 35.7 Å². The molecule has 7 nitrogen and oxygen atoms in total. The van der Waals surface area contributed by atoms with Gasteiger partial charge in [0.25, 0.3) is 5.91 Å². The number of hydrogen-bond donors (Lipinski definition) is 0. The van der Waals surface area contributed by atoms with Crippen molar-refractivity contribution >= 4 is 17.1 Å². The number of aromatic nitrogens is 5. The minimum absolute atomic E-state index is 0.0384. The van der Waals surface area contributed by atoms with Crippen LogP contribution in [0.4, 0.5) is 0 Å². The van der Waals surface area contributed by atoms with Crippen molar-refractivity contribution in [1.29, 1.82) is 0 Å². The zero-order valence-electron chi connectivity index (χ0n) is 17.0. The molecule has 0 N–H and O–H groups in total. The smallest absolute Gasteiger partial charge is 0.255 e. The van der Waals surface area contributed by atoms with Crippen LogP contribution >= 0.6 is 0 Å². The van der Waals surface area contributed by atoms with Crippen molar-refractivity contribution in [2.24, 2.45) is 0 Å². The maximum atomic E-state index is 13.2. The lowest BCUT2D eigenvalue weighted by Gasteiger charge is -2.22. The first kappa shape index (κ1) is 19.7. The second-order valence-corrected chi connectivity index (χ2v) is 7.24. The average molecular weight is 400 g/mol. The fourth-order valence-corrected chi connectivity index (χ4v) is 3.37. The first-order valence-corrected chi connectivity index (χ1v) is 10.1. The number of carbonyl (C=O) groups excluding carboxylic acids is 1. The zero-order valence-corrected chi connectivity index (χ0v) is 17.0. The van der Waals surface area contributed by atoms with Crippen LogP contribution in [0.1, 0.15) is 41.3 Å². The SMILES string of the molecule is CCCCN(Cc1cccnc1)C(=O)c1cnc2c(c1)ncn2Cc1cccnc1. The van der Waals surface area contributed by atoms with E-state index in [-0.39, 0.29) is 5.91 Å². The van der Waals surface area contributed by atoms with Crippen LogP contribution in [0.2, 0.25) is 0 Å². The molecule has 0 spiro atoms. The predicted molar refractivity (Wildman–Crippen MR) is 115 cm³/mol. The van der Waals surface area contributed by atoms with Gasteiger partial charge < -0.3 is 9.47 Å². The lowest BCUT2D eigenvalue weighted by molar-refractivity contribution is 0.0740. The summed E-state index contributed by atoms with van der Waals surface area (Å²) in [6.45, 7) is 3.97. The van der Waals surface area contributed by atoms with Gasteiger partial charge in [0, 0.05) is 44.1 Å². The summed E-state index contributed by atoms with van der Waals surface area (Å²) in [5.41, 5.74) is 4.09. The van der Waals surface area contributed by atoms with Gasteiger partial charge >= 0.3 is 0 Å². The first-order valence-electron chi connectivity index (χ1n) is 10.1. The Morgan fingerprint density at radius 3 is 2.50 bits per heavy atom. The molecule has 0 saturated carbocycles. The molecule has 0 bridgehead atoms. The van der Waals surface area contributed by atoms with Crippen LogP contribution in [0.25, 0.3) is 11.2 Å². The molecule has 0 aliphatic heterocycles. The highest BCUT2D eigenvalue weighted by Gasteiger charge is 2.18. The van der Waals surface area contributed by atoms with Crippen LogP contribution < -0.4 is 0 Å². The van der Waals surface area contributed by atoms with Crippen molar-refractivity contribution in [1.82, 2.24) is 29.4 Å². The Hall–Kier alpha value is -3.61. The number of fused-ring (bicyclic) bond motifs is 1. The Bertz CT molecular complexity index is 1110. The molecule has 4 rings (SSSR count). The van der Waals surface area contributed by atoms with Gasteiger partial charge in [-0.2, -0.15) is 0 Å². The largest absolute Gasteiger partial charge is 0.334 e. The average Bonchev–Trinajstić information content (AvgIpc) is 3.19. The highest BCUT2D eigenvalue weighted by Crippen LogP contribution is 2.16. The van der Waals surface area contributed by atoms with Crippen molar-refractivity contribution in [3.63, 3.8) is 0 Å². The summed E-state index contributed by atoms with van der Waals surface area (Å²) in [5, 5.41) is 0. The number of rotatable bonds is 8. The third-order valence-electron chi connectivity index (χ3n) is 4.94. The third-order valence-corrected chi connectivity index (χ3v) is 4.94. The summed E-state index contributed by atoms with van der Waals surface area (Å²) in [6, 6.07) is 9.63. The van der Waals surface area contributed by atoms with Crippen LogP contribution in [-0.2, 0) is 13.1 Å². The molecular formula is C23H24N6O. The fourth-order valence-electron chi connectivity index (χ4n) is 3.37. The molecule has 7 heteroatoms. The molecule has 1 amide bonds. The molecule has 0 atom stereocenters. The number of carbonyl (C=O) groups is 1. The van der Waals surface area contributed by atoms with E-state index >= 15 is 0 Å². The van der Waals surface area contributed by atoms with Gasteiger partial charge in [0.05, 0.1) is 18.4 Å². The molecule has 0 aliphatic carbocycles. The van der Waals surface area contributed by atoms with E-state index in [0.717, 1.165) is 29.6 Å². The van der Waals surface area contributed by atoms with Crippen molar-refractivity contribution in [3.05, 3.63) is 84.3 Å². The van der Waals surface area contributed by atoms with Gasteiger partial charge in [-0.1, -0.05) is 25.5 Å². The number of amides is 1. The maximum absolute atomic E-state index is 13.2. The van der Waals surface area contributed by atoms with E-state index in [1.54, 1.807) is 31.1 Å². The van der Waals surface area contributed by atoms with Crippen LogP contribution in [0.15, 0.2) is 67.6 Å². The summed E-state index contributed by atoms with van der Waals surface area (Å²) in [4.78, 5) is 32.4. The van der Waals surface area contributed by atoms with Crippen molar-refractivity contribution in [3.8, 4) is 0 Å². The lowest BCUT2D eigenvalue weighted by atomic mass is 10.2. The Balaban J connectivity index is 1.56. The highest BCUT2D eigenvalue weighted by molar-refractivity contribution is 5.96. The van der Waals surface area contributed by atoms with E-state index in [1.807, 2.05) is 46.0 Å². The predicted octanol–water partition coefficient (Wildman–Crippen LogP) is 3.71. The van der Waals surface area contributed by atoms with E-state index < -0.39 is 0 Å². The Labute approximate surface area is 175 Å². The van der Waals surface area contributed by atoms with Crippen LogP contribution in [-0.4, -0.2) is 41.9 Å². The quantitative estimate of drug-likeness (QED) is 0.451. The molecule has 0 aromatic carbocycles. The standard InChI is InChI=1S/C23H24N6O/c1-2-3-10-28(15-18-6-4-8-24-12-18)23(30)20-11-21-22(26-14-20)29(17-27-21)16-19-7-5-9-25-13-19/h4-9,11-14,17H,2-3,10,15-16H2,1H3. The number of imidazole rings is 1. The number of unbranched alkanes of at least 4 members (excludes halogenated alkanes) is 1. The Kier molecular flexibility index (Phi) is 6.08. The van der Waals surface area contributed by atoms with Crippen molar-refractivity contribution in [2.45, 2.75) is 32.9 Å². The second kappa shape index (κ2) is 9.26. The van der Waals surface area contributed by atoms with E-state index in [4.69, 9.17) is 0 Å². The van der Waals surface area contributed by atoms with E-state index in [9.17, 15) is 4.79 Å². The summed E-state index contributed by atoms with van der Waals surface area (Å²) in [7, 11) is 0. The maximum Gasteiger partial charge on any atom is 0.255 e. The Morgan fingerprint density at radius 1 is 1.03 bits per heavy atom. The van der Waals surface area contributed by atoms with Gasteiger partial charge in [-0.25, -0.2) is 9.97 Å². The molecule has 0 saturated heterocycles. The lowest BCUT2D eigenvalue weighted by Crippen LogP contribution is -2.31. The fraction of sp³-hybridized carbons (Fsp3) is 0.261. The van der Waals surface area contributed by atoms with Crippen LogP contribution in [0, 0.1) is 0 Å². The van der Waals surface area contributed by atoms with Gasteiger partial charge in [-0.3, -0.25) is 14.8 Å². The molecule has 30 heavy (non-hydrogen) atoms. The molecule has 4 aromatic heterocycles. The molecule has 152 valence electrons. The molecule has 0 fully saturated rings. The number of nitrogens with zero attached hydrogens (tertiary/aromatic N) is 6. The van der Waals surface area contributed by atoms with Gasteiger partial charge in [0.2, 0.25) is 0 Å². The first-order chi connectivity index (χ1) is 14.7. The molecule has 0 unspecified atom stereocenters. The van der Waals surface area contributed by atoms with E-state index in [1.165, 1.54) is 0 Å². The third kappa shape index (κ3) is 4.51. The summed E-state index contributed by atoms with van der Waals surface area (Å²) in [5.74, 6) is -0.0384. The molecule has 4 heterocycles. The number of pyridine rings is 3. The molecule has 4 aromatic rings. The van der Waals surface area contributed by atoms with Gasteiger partial charge in [-0.15, -0.1) is 0 Å². The summed E-state index contributed by atoms with van der Waals surface area (Å²) in [6.07, 6.45) is 12.5. The molecular weight excluding hydrogens is 376 g/mol. The van der Waals surface area contributed by atoms with Crippen LogP contribution in [0.5, 0.6) is 0 Å². The summed E-state index contributed by atoms with van der Waals surface area (Å²) < 4.78 is 1.96. The normalized spacial score (nSPS) is 11.0. The van der Waals surface area contributed by atoms with Gasteiger partial charge in [0.1, 0.15) is 5.52 Å².